The quantitative estimate of drug-likeness (QED) is 0.770. The Morgan fingerprint density at radius 3 is 2.59 bits per heavy atom. The highest BCUT2D eigenvalue weighted by molar-refractivity contribution is 6.32. The SMILES string of the molecule is COc1ccc(-c2ccccc2C=O)cc1Cl. The molecule has 0 heterocycles. The molecule has 0 amide bonds. The summed E-state index contributed by atoms with van der Waals surface area (Å²) in [5.74, 6) is 0.624. The lowest BCUT2D eigenvalue weighted by Gasteiger charge is -2.08. The van der Waals surface area contributed by atoms with Crippen LogP contribution in [0.5, 0.6) is 5.75 Å². The molecule has 0 saturated carbocycles. The second-order valence-electron chi connectivity index (χ2n) is 3.55. The zero-order valence-electron chi connectivity index (χ0n) is 9.31. The Labute approximate surface area is 105 Å². The smallest absolute Gasteiger partial charge is 0.150 e. The van der Waals surface area contributed by atoms with E-state index < -0.39 is 0 Å². The van der Waals surface area contributed by atoms with Gasteiger partial charge in [-0.25, -0.2) is 0 Å². The number of hydrogen-bond donors (Lipinski definition) is 0. The summed E-state index contributed by atoms with van der Waals surface area (Å²) in [7, 11) is 1.57. The molecule has 2 rings (SSSR count). The van der Waals surface area contributed by atoms with Gasteiger partial charge in [0, 0.05) is 5.56 Å². The number of carbonyl (C=O) groups excluding carboxylic acids is 1. The third-order valence-electron chi connectivity index (χ3n) is 2.55. The van der Waals surface area contributed by atoms with Gasteiger partial charge in [-0.05, 0) is 23.3 Å². The minimum absolute atomic E-state index is 0.533. The molecule has 0 atom stereocenters. The average Bonchev–Trinajstić information content (AvgIpc) is 2.38. The number of ether oxygens (including phenoxy) is 1. The Kier molecular flexibility index (Phi) is 3.45. The van der Waals surface area contributed by atoms with Gasteiger partial charge in [-0.2, -0.15) is 0 Å². The summed E-state index contributed by atoms with van der Waals surface area (Å²) in [5, 5.41) is 0.533. The largest absolute Gasteiger partial charge is 0.495 e. The molecule has 0 fully saturated rings. The lowest BCUT2D eigenvalue weighted by atomic mass is 10.0. The maximum absolute atomic E-state index is 11.0. The summed E-state index contributed by atoms with van der Waals surface area (Å²) in [6.07, 6.45) is 0.841. The van der Waals surface area contributed by atoms with Gasteiger partial charge >= 0.3 is 0 Å². The van der Waals surface area contributed by atoms with E-state index in [1.165, 1.54) is 0 Å². The van der Waals surface area contributed by atoms with Gasteiger partial charge < -0.3 is 4.74 Å². The Bertz CT molecular complexity index is 550. The van der Waals surface area contributed by atoms with Crippen molar-refractivity contribution in [1.82, 2.24) is 0 Å². The third kappa shape index (κ3) is 2.32. The molecule has 0 N–H and O–H groups in total. The van der Waals surface area contributed by atoms with Gasteiger partial charge in [-0.1, -0.05) is 41.9 Å². The number of aldehydes is 1. The Morgan fingerprint density at radius 1 is 1.18 bits per heavy atom. The molecule has 0 aliphatic rings. The minimum atomic E-state index is 0.533. The van der Waals surface area contributed by atoms with Crippen molar-refractivity contribution in [3.05, 3.63) is 53.1 Å². The summed E-state index contributed by atoms with van der Waals surface area (Å²) in [6, 6.07) is 12.9. The molecule has 2 aromatic carbocycles. The van der Waals surface area contributed by atoms with Gasteiger partial charge in [-0.3, -0.25) is 4.79 Å². The topological polar surface area (TPSA) is 26.3 Å². The number of hydrogen-bond acceptors (Lipinski definition) is 2. The maximum atomic E-state index is 11.0. The van der Waals surface area contributed by atoms with Crippen LogP contribution in [0.1, 0.15) is 10.4 Å². The van der Waals surface area contributed by atoms with Gasteiger partial charge in [0.2, 0.25) is 0 Å². The molecule has 0 unspecified atom stereocenters. The molecule has 3 heteroatoms. The van der Waals surface area contributed by atoms with Crippen molar-refractivity contribution in [3.8, 4) is 16.9 Å². The maximum Gasteiger partial charge on any atom is 0.150 e. The van der Waals surface area contributed by atoms with Crippen LogP contribution in [0.15, 0.2) is 42.5 Å². The molecule has 17 heavy (non-hydrogen) atoms. The van der Waals surface area contributed by atoms with E-state index in [-0.39, 0.29) is 0 Å². The zero-order chi connectivity index (χ0) is 12.3. The van der Waals surface area contributed by atoms with Crippen LogP contribution in [0.3, 0.4) is 0 Å². The molecular weight excluding hydrogens is 236 g/mol. The highest BCUT2D eigenvalue weighted by Crippen LogP contribution is 2.31. The van der Waals surface area contributed by atoms with Crippen molar-refractivity contribution in [3.63, 3.8) is 0 Å². The number of benzene rings is 2. The van der Waals surface area contributed by atoms with Crippen LogP contribution < -0.4 is 4.74 Å². The fraction of sp³-hybridized carbons (Fsp3) is 0.0714. The molecule has 0 saturated heterocycles. The Hall–Kier alpha value is -1.80. The molecule has 2 nitrogen and oxygen atoms in total. The first kappa shape index (κ1) is 11.7. The number of methoxy groups -OCH3 is 1. The van der Waals surface area contributed by atoms with E-state index in [1.54, 1.807) is 25.3 Å². The van der Waals surface area contributed by atoms with Crippen molar-refractivity contribution in [2.24, 2.45) is 0 Å². The van der Waals surface area contributed by atoms with E-state index in [4.69, 9.17) is 16.3 Å². The van der Waals surface area contributed by atoms with Crippen LogP contribution in [-0.4, -0.2) is 13.4 Å². The zero-order valence-corrected chi connectivity index (χ0v) is 10.1. The summed E-state index contributed by atoms with van der Waals surface area (Å²) >= 11 is 6.06. The molecule has 0 spiro atoms. The van der Waals surface area contributed by atoms with E-state index in [0.29, 0.717) is 16.3 Å². The van der Waals surface area contributed by atoms with E-state index in [9.17, 15) is 4.79 Å². The molecular formula is C14H11ClO2. The fourth-order valence-electron chi connectivity index (χ4n) is 1.70. The molecule has 2 aromatic rings. The lowest BCUT2D eigenvalue weighted by molar-refractivity contribution is 0.112. The van der Waals surface area contributed by atoms with Crippen molar-refractivity contribution < 1.29 is 9.53 Å². The molecule has 0 bridgehead atoms. The first-order valence-electron chi connectivity index (χ1n) is 5.14. The normalized spacial score (nSPS) is 10.0. The molecule has 0 aromatic heterocycles. The molecule has 0 aliphatic heterocycles. The Balaban J connectivity index is 2.53. The second kappa shape index (κ2) is 5.02. The van der Waals surface area contributed by atoms with Gasteiger partial charge in [0.15, 0.2) is 6.29 Å². The predicted octanol–water partition coefficient (Wildman–Crippen LogP) is 3.83. The van der Waals surface area contributed by atoms with Gasteiger partial charge in [-0.15, -0.1) is 0 Å². The molecule has 0 aliphatic carbocycles. The van der Waals surface area contributed by atoms with Crippen LogP contribution in [0.2, 0.25) is 5.02 Å². The lowest BCUT2D eigenvalue weighted by Crippen LogP contribution is -1.88. The van der Waals surface area contributed by atoms with E-state index in [0.717, 1.165) is 17.4 Å². The van der Waals surface area contributed by atoms with Crippen molar-refractivity contribution >= 4 is 17.9 Å². The van der Waals surface area contributed by atoms with Gasteiger partial charge in [0.1, 0.15) is 5.75 Å². The summed E-state index contributed by atoms with van der Waals surface area (Å²) in [6.45, 7) is 0. The van der Waals surface area contributed by atoms with Gasteiger partial charge in [0.05, 0.1) is 12.1 Å². The van der Waals surface area contributed by atoms with Crippen LogP contribution in [0.25, 0.3) is 11.1 Å². The molecule has 86 valence electrons. The van der Waals surface area contributed by atoms with Crippen molar-refractivity contribution in [2.45, 2.75) is 0 Å². The fourth-order valence-corrected chi connectivity index (χ4v) is 1.95. The first-order chi connectivity index (χ1) is 8.26. The predicted molar refractivity (Wildman–Crippen MR) is 68.8 cm³/mol. The number of rotatable bonds is 3. The van der Waals surface area contributed by atoms with Crippen molar-refractivity contribution in [2.75, 3.05) is 7.11 Å². The summed E-state index contributed by atoms with van der Waals surface area (Å²) in [5.41, 5.74) is 2.42. The van der Waals surface area contributed by atoms with Crippen LogP contribution >= 0.6 is 11.6 Å². The van der Waals surface area contributed by atoms with Crippen LogP contribution in [-0.2, 0) is 0 Å². The van der Waals surface area contributed by atoms with Crippen LogP contribution in [0, 0.1) is 0 Å². The number of carbonyl (C=O) groups is 1. The summed E-state index contributed by atoms with van der Waals surface area (Å²) in [4.78, 5) is 11.0. The van der Waals surface area contributed by atoms with Crippen LogP contribution in [0.4, 0.5) is 0 Å². The highest BCUT2D eigenvalue weighted by Gasteiger charge is 2.06. The standard InChI is InChI=1S/C14H11ClO2/c1-17-14-7-6-10(8-13(14)15)12-5-3-2-4-11(12)9-16/h2-9H,1H3. The average molecular weight is 247 g/mol. The van der Waals surface area contributed by atoms with Crippen molar-refractivity contribution in [1.29, 1.82) is 0 Å². The van der Waals surface area contributed by atoms with E-state index in [1.807, 2.05) is 24.3 Å². The van der Waals surface area contributed by atoms with E-state index >= 15 is 0 Å². The number of halogens is 1. The monoisotopic (exact) mass is 246 g/mol. The second-order valence-corrected chi connectivity index (χ2v) is 3.96. The minimum Gasteiger partial charge on any atom is -0.495 e. The highest BCUT2D eigenvalue weighted by atomic mass is 35.5. The van der Waals surface area contributed by atoms with E-state index in [2.05, 4.69) is 0 Å². The van der Waals surface area contributed by atoms with Gasteiger partial charge in [0.25, 0.3) is 0 Å². The summed E-state index contributed by atoms with van der Waals surface area (Å²) < 4.78 is 5.09. The molecule has 0 radical (unpaired) electrons. The Morgan fingerprint density at radius 2 is 1.94 bits per heavy atom. The third-order valence-corrected chi connectivity index (χ3v) is 2.85. The first-order valence-corrected chi connectivity index (χ1v) is 5.52.